The van der Waals surface area contributed by atoms with E-state index in [9.17, 15) is 4.21 Å². The van der Waals surface area contributed by atoms with Gasteiger partial charge >= 0.3 is 0 Å². The fraction of sp³-hybridized carbons (Fsp3) is 0.333. The second-order valence-electron chi connectivity index (χ2n) is 5.60. The molecule has 0 spiro atoms. The summed E-state index contributed by atoms with van der Waals surface area (Å²) in [5.41, 5.74) is 2.37. The van der Waals surface area contributed by atoms with E-state index in [0.29, 0.717) is 0 Å². The lowest BCUT2D eigenvalue weighted by Crippen LogP contribution is -2.27. The van der Waals surface area contributed by atoms with Gasteiger partial charge in [0.25, 0.3) is 0 Å². The highest BCUT2D eigenvalue weighted by molar-refractivity contribution is 7.85. The van der Waals surface area contributed by atoms with Gasteiger partial charge in [0.15, 0.2) is 0 Å². The molecule has 2 aromatic carbocycles. The molecule has 0 saturated carbocycles. The third kappa shape index (κ3) is 3.09. The number of hydrogen-bond acceptors (Lipinski definition) is 2. The van der Waals surface area contributed by atoms with Gasteiger partial charge in [-0.2, -0.15) is 0 Å². The summed E-state index contributed by atoms with van der Waals surface area (Å²) in [6, 6.07) is 20.8. The average Bonchev–Trinajstić information content (AvgIpc) is 2.69. The Balaban J connectivity index is 2.04. The van der Waals surface area contributed by atoms with Gasteiger partial charge in [0.2, 0.25) is 0 Å². The molecule has 0 amide bonds. The van der Waals surface area contributed by atoms with Crippen LogP contribution in [0.25, 0.3) is 0 Å². The van der Waals surface area contributed by atoms with Crippen LogP contribution >= 0.6 is 0 Å². The Morgan fingerprint density at radius 2 is 1.52 bits per heavy atom. The van der Waals surface area contributed by atoms with Crippen molar-refractivity contribution >= 4 is 10.8 Å². The highest BCUT2D eigenvalue weighted by Crippen LogP contribution is 2.37. The molecule has 1 aliphatic rings. The highest BCUT2D eigenvalue weighted by Gasteiger charge is 2.34. The summed E-state index contributed by atoms with van der Waals surface area (Å²) in [6.45, 7) is 3.01. The van der Waals surface area contributed by atoms with Gasteiger partial charge in [-0.25, -0.2) is 0 Å². The van der Waals surface area contributed by atoms with Gasteiger partial charge in [0.1, 0.15) is 0 Å². The third-order valence-electron chi connectivity index (χ3n) is 4.15. The molecule has 1 heterocycles. The Bertz CT molecular complexity index is 599. The molecule has 4 atom stereocenters. The molecule has 1 N–H and O–H groups in total. The van der Waals surface area contributed by atoms with Crippen molar-refractivity contribution in [3.63, 3.8) is 0 Å². The van der Waals surface area contributed by atoms with Crippen molar-refractivity contribution in [1.29, 1.82) is 0 Å². The van der Waals surface area contributed by atoms with E-state index >= 15 is 0 Å². The van der Waals surface area contributed by atoms with E-state index in [4.69, 9.17) is 0 Å². The number of rotatable bonds is 2. The van der Waals surface area contributed by atoms with Gasteiger partial charge in [-0.1, -0.05) is 67.6 Å². The molecule has 0 bridgehead atoms. The first-order valence-electron chi connectivity index (χ1n) is 7.50. The zero-order valence-electron chi connectivity index (χ0n) is 12.2. The molecule has 2 aromatic rings. The molecule has 1 saturated heterocycles. The standard InChI is InChI=1S/C18H21NOS/c1-14-12-13-19-17(15-8-4-2-5-9-15)18(21(14)20)16-10-6-3-7-11-16/h2-11,14,17-19H,12-13H2,1H3. The van der Waals surface area contributed by atoms with Crippen LogP contribution in [0.5, 0.6) is 0 Å². The Morgan fingerprint density at radius 3 is 2.14 bits per heavy atom. The first kappa shape index (κ1) is 14.5. The van der Waals surface area contributed by atoms with Crippen molar-refractivity contribution in [2.24, 2.45) is 0 Å². The predicted molar refractivity (Wildman–Crippen MR) is 88.6 cm³/mol. The second-order valence-corrected chi connectivity index (χ2v) is 7.57. The van der Waals surface area contributed by atoms with Crippen LogP contribution in [0, 0.1) is 0 Å². The summed E-state index contributed by atoms with van der Waals surface area (Å²) in [6.07, 6.45) is 0.958. The fourth-order valence-electron chi connectivity index (χ4n) is 2.97. The molecule has 21 heavy (non-hydrogen) atoms. The summed E-state index contributed by atoms with van der Waals surface area (Å²) < 4.78 is 13.0. The van der Waals surface area contributed by atoms with Gasteiger partial charge in [-0.05, 0) is 24.1 Å². The fourth-order valence-corrected chi connectivity index (χ4v) is 4.77. The molecular formula is C18H21NOS. The van der Waals surface area contributed by atoms with Crippen LogP contribution in [-0.4, -0.2) is 16.0 Å². The largest absolute Gasteiger partial charge is 0.309 e. The Hall–Kier alpha value is -1.45. The summed E-state index contributed by atoms with van der Waals surface area (Å²) in [7, 11) is -0.884. The highest BCUT2D eigenvalue weighted by atomic mass is 32.2. The number of hydrogen-bond donors (Lipinski definition) is 1. The summed E-state index contributed by atoms with van der Waals surface area (Å²) >= 11 is 0. The average molecular weight is 299 g/mol. The van der Waals surface area contributed by atoms with Crippen LogP contribution in [0.15, 0.2) is 60.7 Å². The minimum atomic E-state index is -0.884. The van der Waals surface area contributed by atoms with E-state index in [1.165, 1.54) is 5.56 Å². The van der Waals surface area contributed by atoms with Gasteiger partial charge in [0.05, 0.1) is 11.3 Å². The van der Waals surface area contributed by atoms with E-state index in [1.54, 1.807) is 0 Å². The van der Waals surface area contributed by atoms with Crippen LogP contribution < -0.4 is 5.32 Å². The third-order valence-corrected chi connectivity index (χ3v) is 6.23. The van der Waals surface area contributed by atoms with E-state index in [-0.39, 0.29) is 16.5 Å². The molecule has 1 fully saturated rings. The second kappa shape index (κ2) is 6.54. The van der Waals surface area contributed by atoms with E-state index in [0.717, 1.165) is 18.5 Å². The molecule has 0 radical (unpaired) electrons. The van der Waals surface area contributed by atoms with E-state index in [2.05, 4.69) is 48.6 Å². The van der Waals surface area contributed by atoms with Crippen molar-refractivity contribution in [2.45, 2.75) is 29.9 Å². The van der Waals surface area contributed by atoms with Crippen molar-refractivity contribution < 1.29 is 4.21 Å². The monoisotopic (exact) mass is 299 g/mol. The molecular weight excluding hydrogens is 278 g/mol. The molecule has 3 rings (SSSR count). The van der Waals surface area contributed by atoms with Crippen molar-refractivity contribution in [2.75, 3.05) is 6.54 Å². The zero-order valence-corrected chi connectivity index (χ0v) is 13.1. The lowest BCUT2D eigenvalue weighted by atomic mass is 9.98. The first-order valence-corrected chi connectivity index (χ1v) is 8.77. The Morgan fingerprint density at radius 1 is 0.952 bits per heavy atom. The normalized spacial score (nSPS) is 29.8. The molecule has 2 nitrogen and oxygen atoms in total. The summed E-state index contributed by atoms with van der Waals surface area (Å²) in [4.78, 5) is 0. The zero-order chi connectivity index (χ0) is 14.7. The van der Waals surface area contributed by atoms with Crippen LogP contribution in [-0.2, 0) is 10.8 Å². The maximum atomic E-state index is 13.0. The van der Waals surface area contributed by atoms with Crippen LogP contribution in [0.2, 0.25) is 0 Å². The summed E-state index contributed by atoms with van der Waals surface area (Å²) in [5, 5.41) is 3.84. The van der Waals surface area contributed by atoms with Gasteiger partial charge < -0.3 is 5.32 Å². The Labute approximate surface area is 129 Å². The first-order chi connectivity index (χ1) is 10.3. The quantitative estimate of drug-likeness (QED) is 0.918. The predicted octanol–water partition coefficient (Wildman–Crippen LogP) is 3.60. The molecule has 4 unspecified atom stereocenters. The Kier molecular flexibility index (Phi) is 4.51. The van der Waals surface area contributed by atoms with Gasteiger partial charge in [-0.3, -0.25) is 4.21 Å². The molecule has 1 aliphatic heterocycles. The van der Waals surface area contributed by atoms with Crippen molar-refractivity contribution in [1.82, 2.24) is 5.32 Å². The lowest BCUT2D eigenvalue weighted by molar-refractivity contribution is 0.525. The van der Waals surface area contributed by atoms with Crippen LogP contribution in [0.4, 0.5) is 0 Å². The maximum absolute atomic E-state index is 13.0. The number of benzene rings is 2. The van der Waals surface area contributed by atoms with Gasteiger partial charge in [0, 0.05) is 16.0 Å². The van der Waals surface area contributed by atoms with Crippen molar-refractivity contribution in [3.05, 3.63) is 71.8 Å². The molecule has 110 valence electrons. The van der Waals surface area contributed by atoms with Gasteiger partial charge in [-0.15, -0.1) is 0 Å². The SMILES string of the molecule is CC1CCNC(c2ccccc2)C(c2ccccc2)S1=O. The van der Waals surface area contributed by atoms with Crippen LogP contribution in [0.3, 0.4) is 0 Å². The minimum absolute atomic E-state index is 0.00565. The van der Waals surface area contributed by atoms with E-state index in [1.807, 2.05) is 24.3 Å². The lowest BCUT2D eigenvalue weighted by Gasteiger charge is -2.27. The maximum Gasteiger partial charge on any atom is 0.0794 e. The molecule has 0 aliphatic carbocycles. The smallest absolute Gasteiger partial charge is 0.0794 e. The minimum Gasteiger partial charge on any atom is -0.309 e. The molecule has 0 aromatic heterocycles. The number of nitrogens with one attached hydrogen (secondary N) is 1. The van der Waals surface area contributed by atoms with Crippen LogP contribution in [0.1, 0.15) is 35.8 Å². The van der Waals surface area contributed by atoms with Crippen molar-refractivity contribution in [3.8, 4) is 0 Å². The molecule has 3 heteroatoms. The van der Waals surface area contributed by atoms with E-state index < -0.39 is 10.8 Å². The topological polar surface area (TPSA) is 29.1 Å². The summed E-state index contributed by atoms with van der Waals surface area (Å²) in [5.74, 6) is 0.